The first-order chi connectivity index (χ1) is 12.1. The molecule has 0 aromatic heterocycles. The monoisotopic (exact) mass is 440 g/mol. The molecule has 0 N–H and O–H groups in total. The van der Waals surface area contributed by atoms with E-state index in [0.29, 0.717) is 12.4 Å². The van der Waals surface area contributed by atoms with Crippen molar-refractivity contribution < 1.29 is 28.7 Å². The van der Waals surface area contributed by atoms with E-state index in [1.54, 1.807) is 0 Å². The van der Waals surface area contributed by atoms with E-state index in [0.717, 1.165) is 47.0 Å². The highest BCUT2D eigenvalue weighted by molar-refractivity contribution is 8.19. The fourth-order valence-corrected chi connectivity index (χ4v) is 6.95. The highest BCUT2D eigenvalue weighted by Crippen LogP contribution is 2.43. The first-order valence-corrected chi connectivity index (χ1v) is 11.7. The molecule has 0 radical (unpaired) electrons. The van der Waals surface area contributed by atoms with E-state index < -0.39 is 17.6 Å². The van der Waals surface area contributed by atoms with Gasteiger partial charge in [-0.05, 0) is 6.92 Å². The van der Waals surface area contributed by atoms with Gasteiger partial charge in [-0.15, -0.1) is 0 Å². The second kappa shape index (κ2) is 11.8. The summed E-state index contributed by atoms with van der Waals surface area (Å²) in [6.07, 6.45) is -1.14. The molecule has 6 nitrogen and oxygen atoms in total. The summed E-state index contributed by atoms with van der Waals surface area (Å²) < 4.78 is 11.7. The number of hydrogen-bond acceptors (Lipinski definition) is 10. The van der Waals surface area contributed by atoms with Crippen LogP contribution in [0.5, 0.6) is 0 Å². The third-order valence-electron chi connectivity index (χ3n) is 3.28. The van der Waals surface area contributed by atoms with Gasteiger partial charge in [-0.2, -0.15) is 0 Å². The standard InChI is InChI=1S/C16H24O6S4/c1-6-21-16-15(26-11(5)20)14(25-10(4)19)13(24-9(3)18)12(22-16)7-23-8(2)17/h12-16H,6-7H2,1-5H3/t12-,13-,14-,15-,16+/m1/s1. The predicted molar refractivity (Wildman–Crippen MR) is 110 cm³/mol. The van der Waals surface area contributed by atoms with Gasteiger partial charge in [-0.1, -0.05) is 47.0 Å². The number of carbonyl (C=O) groups excluding carboxylic acids is 4. The summed E-state index contributed by atoms with van der Waals surface area (Å²) in [6, 6.07) is 0. The molecule has 1 saturated heterocycles. The van der Waals surface area contributed by atoms with Crippen molar-refractivity contribution >= 4 is 67.5 Å². The average molecular weight is 441 g/mol. The van der Waals surface area contributed by atoms with Crippen molar-refractivity contribution in [2.75, 3.05) is 12.4 Å². The van der Waals surface area contributed by atoms with Gasteiger partial charge >= 0.3 is 0 Å². The number of thioether (sulfide) groups is 4. The third kappa shape index (κ3) is 7.93. The maximum absolute atomic E-state index is 11.8. The maximum Gasteiger partial charge on any atom is 0.186 e. The van der Waals surface area contributed by atoms with Crippen molar-refractivity contribution in [3.8, 4) is 0 Å². The molecule has 0 unspecified atom stereocenters. The van der Waals surface area contributed by atoms with E-state index >= 15 is 0 Å². The molecule has 0 amide bonds. The number of ether oxygens (including phenoxy) is 2. The van der Waals surface area contributed by atoms with E-state index in [9.17, 15) is 19.2 Å². The Bertz CT molecular complexity index is 541. The van der Waals surface area contributed by atoms with Crippen molar-refractivity contribution in [3.05, 3.63) is 0 Å². The fraction of sp³-hybridized carbons (Fsp3) is 0.750. The van der Waals surface area contributed by atoms with Crippen LogP contribution >= 0.6 is 47.0 Å². The second-order valence-electron chi connectivity index (χ2n) is 5.52. The van der Waals surface area contributed by atoms with E-state index in [2.05, 4.69) is 0 Å². The molecule has 0 aromatic rings. The molecule has 0 spiro atoms. The van der Waals surface area contributed by atoms with E-state index in [1.807, 2.05) is 6.92 Å². The summed E-state index contributed by atoms with van der Waals surface area (Å²) in [5.41, 5.74) is 0. The average Bonchev–Trinajstić information content (AvgIpc) is 2.50. The Morgan fingerprint density at radius 3 is 1.77 bits per heavy atom. The van der Waals surface area contributed by atoms with Gasteiger partial charge in [0.05, 0.1) is 16.6 Å². The zero-order chi connectivity index (χ0) is 19.9. The summed E-state index contributed by atoms with van der Waals surface area (Å²) in [5.74, 6) is 0.357. The lowest BCUT2D eigenvalue weighted by Gasteiger charge is -2.44. The van der Waals surface area contributed by atoms with Crippen LogP contribution in [0, 0.1) is 0 Å². The van der Waals surface area contributed by atoms with E-state index in [4.69, 9.17) is 9.47 Å². The molecule has 0 aliphatic carbocycles. The van der Waals surface area contributed by atoms with Gasteiger partial charge < -0.3 is 9.47 Å². The minimum absolute atomic E-state index is 0.0517. The second-order valence-corrected chi connectivity index (χ2v) is 10.8. The van der Waals surface area contributed by atoms with Crippen LogP contribution in [-0.2, 0) is 28.7 Å². The van der Waals surface area contributed by atoms with Crippen LogP contribution < -0.4 is 0 Å². The maximum atomic E-state index is 11.8. The summed E-state index contributed by atoms with van der Waals surface area (Å²) in [4.78, 5) is 46.8. The molecule has 0 aromatic carbocycles. The Kier molecular flexibility index (Phi) is 10.9. The molecule has 26 heavy (non-hydrogen) atoms. The molecule has 1 fully saturated rings. The molecular weight excluding hydrogens is 416 g/mol. The lowest BCUT2D eigenvalue weighted by molar-refractivity contribution is -0.177. The summed E-state index contributed by atoms with van der Waals surface area (Å²) in [7, 11) is 0. The number of rotatable bonds is 7. The smallest absolute Gasteiger partial charge is 0.186 e. The minimum atomic E-state index is -0.688. The highest BCUT2D eigenvalue weighted by atomic mass is 32.2. The zero-order valence-corrected chi connectivity index (χ0v) is 18.6. The topological polar surface area (TPSA) is 86.7 Å². The molecule has 1 heterocycles. The van der Waals surface area contributed by atoms with Crippen molar-refractivity contribution in [3.63, 3.8) is 0 Å². The molecule has 10 heteroatoms. The molecule has 1 rings (SSSR count). The van der Waals surface area contributed by atoms with Gasteiger partial charge in [0.15, 0.2) is 26.8 Å². The molecule has 1 aliphatic heterocycles. The van der Waals surface area contributed by atoms with E-state index in [-0.39, 0.29) is 31.0 Å². The zero-order valence-electron chi connectivity index (χ0n) is 15.4. The molecule has 0 bridgehead atoms. The summed E-state index contributed by atoms with van der Waals surface area (Å²) in [6.45, 7) is 8.04. The van der Waals surface area contributed by atoms with Crippen molar-refractivity contribution in [2.45, 2.75) is 62.8 Å². The lowest BCUT2D eigenvalue weighted by atomic mass is 10.1. The highest BCUT2D eigenvalue weighted by Gasteiger charge is 2.49. The molecule has 5 atom stereocenters. The predicted octanol–water partition coefficient (Wildman–Crippen LogP) is 2.97. The van der Waals surface area contributed by atoms with Crippen LogP contribution in [0.2, 0.25) is 0 Å². The van der Waals surface area contributed by atoms with Crippen LogP contribution in [0.4, 0.5) is 0 Å². The van der Waals surface area contributed by atoms with Gasteiger partial charge in [0.2, 0.25) is 0 Å². The van der Waals surface area contributed by atoms with Crippen molar-refractivity contribution in [2.24, 2.45) is 0 Å². The Labute approximate surface area is 171 Å². The fourth-order valence-electron chi connectivity index (χ4n) is 2.49. The van der Waals surface area contributed by atoms with Crippen molar-refractivity contribution in [1.29, 1.82) is 0 Å². The summed E-state index contributed by atoms with van der Waals surface area (Å²) in [5, 5.41) is -1.50. The largest absolute Gasteiger partial charge is 0.352 e. The quantitative estimate of drug-likeness (QED) is 0.589. The lowest BCUT2D eigenvalue weighted by Crippen LogP contribution is -2.56. The SMILES string of the molecule is CCO[C@H]1O[C@H](CSC(C)=O)[C@@H](SC(C)=O)[C@@H](SC(C)=O)[C@H]1SC(C)=O. The Morgan fingerprint density at radius 1 is 0.808 bits per heavy atom. The van der Waals surface area contributed by atoms with Gasteiger partial charge in [0.1, 0.15) is 0 Å². The normalized spacial score (nSPS) is 28.6. The van der Waals surface area contributed by atoms with Gasteiger partial charge in [-0.3, -0.25) is 19.2 Å². The first kappa shape index (κ1) is 24.0. The Morgan fingerprint density at radius 2 is 1.31 bits per heavy atom. The molecular formula is C16H24O6S4. The third-order valence-corrected chi connectivity index (χ3v) is 8.04. The minimum Gasteiger partial charge on any atom is -0.352 e. The summed E-state index contributed by atoms with van der Waals surface area (Å²) >= 11 is 4.38. The van der Waals surface area contributed by atoms with E-state index in [1.165, 1.54) is 27.7 Å². The van der Waals surface area contributed by atoms with Crippen LogP contribution in [0.1, 0.15) is 34.6 Å². The van der Waals surface area contributed by atoms with Gasteiger partial charge in [-0.25, -0.2) is 0 Å². The van der Waals surface area contributed by atoms with Crippen LogP contribution in [0.25, 0.3) is 0 Å². The Balaban J connectivity index is 3.22. The van der Waals surface area contributed by atoms with Gasteiger partial charge in [0, 0.05) is 45.3 Å². The molecule has 0 saturated carbocycles. The number of carbonyl (C=O) groups is 4. The number of hydrogen-bond donors (Lipinski definition) is 0. The van der Waals surface area contributed by atoms with Crippen LogP contribution in [-0.4, -0.2) is 61.0 Å². The van der Waals surface area contributed by atoms with Crippen LogP contribution in [0.15, 0.2) is 0 Å². The molecule has 148 valence electrons. The first-order valence-electron chi connectivity index (χ1n) is 8.07. The Hall–Kier alpha value is -0.000000000000000167. The molecule has 1 aliphatic rings. The van der Waals surface area contributed by atoms with Crippen LogP contribution in [0.3, 0.4) is 0 Å². The van der Waals surface area contributed by atoms with Crippen molar-refractivity contribution in [1.82, 2.24) is 0 Å². The van der Waals surface area contributed by atoms with Gasteiger partial charge in [0.25, 0.3) is 0 Å².